The zero-order chi connectivity index (χ0) is 7.98. The van der Waals surface area contributed by atoms with Crippen LogP contribution in [-0.2, 0) is 4.79 Å². The zero-order valence-corrected chi connectivity index (χ0v) is 6.27. The molecule has 0 amide bonds. The Morgan fingerprint density at radius 1 is 1.70 bits per heavy atom. The van der Waals surface area contributed by atoms with Gasteiger partial charge >= 0.3 is 5.97 Å². The summed E-state index contributed by atoms with van der Waals surface area (Å²) >= 11 is 5.31. The lowest BCUT2D eigenvalue weighted by molar-refractivity contribution is -0.132. The van der Waals surface area contributed by atoms with Crippen LogP contribution in [0.25, 0.3) is 0 Å². The van der Waals surface area contributed by atoms with Crippen molar-refractivity contribution in [1.29, 1.82) is 0 Å². The first-order valence-electron chi connectivity index (χ1n) is 2.90. The summed E-state index contributed by atoms with van der Waals surface area (Å²) in [5.74, 6) is -0.932. The summed E-state index contributed by atoms with van der Waals surface area (Å²) in [6.45, 7) is 0.452. The van der Waals surface area contributed by atoms with Gasteiger partial charge < -0.3 is 10.8 Å². The molecule has 0 heterocycles. The lowest BCUT2D eigenvalue weighted by atomic mass is 10.2. The molecule has 3 N–H and O–H groups in total. The van der Waals surface area contributed by atoms with E-state index in [4.69, 9.17) is 22.4 Å². The summed E-state index contributed by atoms with van der Waals surface area (Å²) in [7, 11) is 0. The molecule has 0 saturated carbocycles. The molecule has 0 fully saturated rings. The highest BCUT2D eigenvalue weighted by atomic mass is 35.5. The highest BCUT2D eigenvalue weighted by molar-refractivity contribution is 6.22. The topological polar surface area (TPSA) is 63.3 Å². The predicted octanol–water partition coefficient (Wildman–Crippen LogP) is 0.585. The van der Waals surface area contributed by atoms with Crippen LogP contribution in [0.4, 0.5) is 0 Å². The van der Waals surface area contributed by atoms with Crippen LogP contribution in [0, 0.1) is 0 Å². The van der Waals surface area contributed by atoms with E-state index in [9.17, 15) is 4.79 Å². The SMILES string of the molecule is NCCC=C(CCl)C(=O)O. The van der Waals surface area contributed by atoms with Crippen molar-refractivity contribution in [3.05, 3.63) is 11.6 Å². The van der Waals surface area contributed by atoms with E-state index in [0.717, 1.165) is 0 Å². The van der Waals surface area contributed by atoms with Gasteiger partial charge in [-0.2, -0.15) is 0 Å². The minimum Gasteiger partial charge on any atom is -0.478 e. The molecule has 0 aromatic carbocycles. The van der Waals surface area contributed by atoms with E-state index in [0.29, 0.717) is 13.0 Å². The largest absolute Gasteiger partial charge is 0.478 e. The molecule has 0 spiro atoms. The lowest BCUT2D eigenvalue weighted by Crippen LogP contribution is -2.03. The number of hydrogen-bond donors (Lipinski definition) is 2. The van der Waals surface area contributed by atoms with Gasteiger partial charge in [0, 0.05) is 5.57 Å². The van der Waals surface area contributed by atoms with Gasteiger partial charge in [-0.3, -0.25) is 0 Å². The maximum atomic E-state index is 10.2. The number of halogens is 1. The van der Waals surface area contributed by atoms with Crippen molar-refractivity contribution in [1.82, 2.24) is 0 Å². The number of carbonyl (C=O) groups is 1. The Bertz CT molecular complexity index is 145. The molecule has 0 aliphatic carbocycles. The van der Waals surface area contributed by atoms with E-state index in [-0.39, 0.29) is 11.5 Å². The van der Waals surface area contributed by atoms with Crippen molar-refractivity contribution in [3.63, 3.8) is 0 Å². The lowest BCUT2D eigenvalue weighted by Gasteiger charge is -1.93. The molecule has 0 atom stereocenters. The summed E-state index contributed by atoms with van der Waals surface area (Å²) in [6.07, 6.45) is 2.10. The van der Waals surface area contributed by atoms with Crippen LogP contribution in [0.1, 0.15) is 6.42 Å². The van der Waals surface area contributed by atoms with Crippen LogP contribution in [0.15, 0.2) is 11.6 Å². The second-order valence-electron chi connectivity index (χ2n) is 1.75. The van der Waals surface area contributed by atoms with Gasteiger partial charge in [0.2, 0.25) is 0 Å². The van der Waals surface area contributed by atoms with Crippen molar-refractivity contribution in [2.24, 2.45) is 5.73 Å². The smallest absolute Gasteiger partial charge is 0.332 e. The van der Waals surface area contributed by atoms with Gasteiger partial charge in [-0.1, -0.05) is 6.08 Å². The van der Waals surface area contributed by atoms with E-state index in [2.05, 4.69) is 0 Å². The Labute approximate surface area is 64.5 Å². The molecule has 0 bridgehead atoms. The number of hydrogen-bond acceptors (Lipinski definition) is 2. The minimum absolute atomic E-state index is 0.0370. The van der Waals surface area contributed by atoms with E-state index < -0.39 is 5.97 Å². The van der Waals surface area contributed by atoms with Gasteiger partial charge in [-0.25, -0.2) is 4.79 Å². The van der Waals surface area contributed by atoms with Gasteiger partial charge in [-0.05, 0) is 13.0 Å². The molecular weight excluding hydrogens is 154 g/mol. The normalized spacial score (nSPS) is 11.6. The first kappa shape index (κ1) is 9.46. The molecule has 4 heteroatoms. The maximum Gasteiger partial charge on any atom is 0.332 e. The van der Waals surface area contributed by atoms with Gasteiger partial charge in [0.1, 0.15) is 0 Å². The number of rotatable bonds is 4. The minimum atomic E-state index is -0.969. The van der Waals surface area contributed by atoms with Crippen molar-refractivity contribution in [2.45, 2.75) is 6.42 Å². The first-order chi connectivity index (χ1) is 4.72. The molecule has 0 aliphatic heterocycles. The standard InChI is InChI=1S/C6H10ClNO2/c7-4-5(6(9)10)2-1-3-8/h2H,1,3-4,8H2,(H,9,10). The molecule has 0 rings (SSSR count). The molecule has 0 aliphatic rings. The Hall–Kier alpha value is -0.540. The predicted molar refractivity (Wildman–Crippen MR) is 40.1 cm³/mol. The third kappa shape index (κ3) is 3.48. The number of nitrogens with two attached hydrogens (primary N) is 1. The number of alkyl halides is 1. The quantitative estimate of drug-likeness (QED) is 0.471. The maximum absolute atomic E-state index is 10.2. The number of carboxylic acids is 1. The van der Waals surface area contributed by atoms with Gasteiger partial charge in [0.15, 0.2) is 0 Å². The molecule has 3 nitrogen and oxygen atoms in total. The van der Waals surface area contributed by atoms with Crippen molar-refractivity contribution < 1.29 is 9.90 Å². The van der Waals surface area contributed by atoms with Crippen LogP contribution in [-0.4, -0.2) is 23.5 Å². The van der Waals surface area contributed by atoms with Crippen LogP contribution in [0.5, 0.6) is 0 Å². The Balaban J connectivity index is 3.91. The summed E-state index contributed by atoms with van der Waals surface area (Å²) in [4.78, 5) is 10.2. The Morgan fingerprint density at radius 2 is 2.30 bits per heavy atom. The fourth-order valence-corrected chi connectivity index (χ4v) is 0.680. The van der Waals surface area contributed by atoms with Crippen molar-refractivity contribution in [2.75, 3.05) is 12.4 Å². The zero-order valence-electron chi connectivity index (χ0n) is 5.51. The van der Waals surface area contributed by atoms with Gasteiger partial charge in [-0.15, -0.1) is 11.6 Å². The summed E-state index contributed by atoms with van der Waals surface area (Å²) < 4.78 is 0. The van der Waals surface area contributed by atoms with Crippen LogP contribution >= 0.6 is 11.6 Å². The molecule has 0 radical (unpaired) electrons. The van der Waals surface area contributed by atoms with E-state index in [1.165, 1.54) is 6.08 Å². The Morgan fingerprint density at radius 3 is 2.60 bits per heavy atom. The van der Waals surface area contributed by atoms with Crippen LogP contribution in [0.2, 0.25) is 0 Å². The Kier molecular flexibility index (Phi) is 4.98. The van der Waals surface area contributed by atoms with E-state index in [1.54, 1.807) is 0 Å². The first-order valence-corrected chi connectivity index (χ1v) is 3.44. The average Bonchev–Trinajstić information content (AvgIpc) is 1.89. The van der Waals surface area contributed by atoms with Crippen molar-refractivity contribution in [3.8, 4) is 0 Å². The molecular formula is C6H10ClNO2. The summed E-state index contributed by atoms with van der Waals surface area (Å²) in [6, 6.07) is 0. The van der Waals surface area contributed by atoms with Crippen molar-refractivity contribution >= 4 is 17.6 Å². The molecule has 58 valence electrons. The number of aliphatic carboxylic acids is 1. The highest BCUT2D eigenvalue weighted by Gasteiger charge is 2.02. The number of carboxylic acid groups (broad SMARTS) is 1. The fraction of sp³-hybridized carbons (Fsp3) is 0.500. The van der Waals surface area contributed by atoms with E-state index >= 15 is 0 Å². The van der Waals surface area contributed by atoms with Gasteiger partial charge in [0.05, 0.1) is 5.88 Å². The summed E-state index contributed by atoms with van der Waals surface area (Å²) in [5.41, 5.74) is 5.37. The molecule has 10 heavy (non-hydrogen) atoms. The van der Waals surface area contributed by atoms with Crippen LogP contribution in [0.3, 0.4) is 0 Å². The second kappa shape index (κ2) is 5.26. The van der Waals surface area contributed by atoms with Gasteiger partial charge in [0.25, 0.3) is 0 Å². The third-order valence-electron chi connectivity index (χ3n) is 0.976. The second-order valence-corrected chi connectivity index (χ2v) is 2.01. The summed E-state index contributed by atoms with van der Waals surface area (Å²) in [5, 5.41) is 8.41. The molecule has 0 saturated heterocycles. The van der Waals surface area contributed by atoms with Crippen LogP contribution < -0.4 is 5.73 Å². The molecule has 0 aromatic rings. The monoisotopic (exact) mass is 163 g/mol. The fourth-order valence-electron chi connectivity index (χ4n) is 0.457. The highest BCUT2D eigenvalue weighted by Crippen LogP contribution is 1.98. The molecule has 0 unspecified atom stereocenters. The van der Waals surface area contributed by atoms with E-state index in [1.807, 2.05) is 0 Å². The third-order valence-corrected chi connectivity index (χ3v) is 1.26. The average molecular weight is 164 g/mol. The molecule has 0 aromatic heterocycles.